The maximum Gasteiger partial charge on any atom is 0.262 e. The van der Waals surface area contributed by atoms with Crippen LogP contribution in [0.15, 0.2) is 47.4 Å². The fraction of sp³-hybridized carbons (Fsp3) is 0.348. The summed E-state index contributed by atoms with van der Waals surface area (Å²) in [4.78, 5) is 39.9. The van der Waals surface area contributed by atoms with Gasteiger partial charge in [-0.3, -0.25) is 19.3 Å². The van der Waals surface area contributed by atoms with Crippen LogP contribution < -0.4 is 10.1 Å². The maximum absolute atomic E-state index is 13.2. The molecule has 33 heavy (non-hydrogen) atoms. The van der Waals surface area contributed by atoms with E-state index in [4.69, 9.17) is 4.74 Å². The summed E-state index contributed by atoms with van der Waals surface area (Å²) in [6, 6.07) is 9.61. The number of rotatable bonds is 8. The van der Waals surface area contributed by atoms with Gasteiger partial charge < -0.3 is 10.1 Å². The van der Waals surface area contributed by atoms with Crippen LogP contribution in [-0.4, -0.2) is 62.1 Å². The quantitative estimate of drug-likeness (QED) is 0.590. The fourth-order valence-electron chi connectivity index (χ4n) is 3.65. The second kappa shape index (κ2) is 9.32. The third-order valence-corrected chi connectivity index (χ3v) is 7.11. The average Bonchev–Trinajstić information content (AvgIpc) is 3.00. The zero-order chi connectivity index (χ0) is 24.5. The van der Waals surface area contributed by atoms with Gasteiger partial charge in [-0.1, -0.05) is 26.0 Å². The maximum atomic E-state index is 13.2. The summed E-state index contributed by atoms with van der Waals surface area (Å²) < 4.78 is 32.0. The monoisotopic (exact) mass is 473 g/mol. The molecule has 1 N–H and O–H groups in total. The highest BCUT2D eigenvalue weighted by molar-refractivity contribution is 7.89. The van der Waals surface area contributed by atoms with E-state index in [0.29, 0.717) is 0 Å². The summed E-state index contributed by atoms with van der Waals surface area (Å²) in [5.41, 5.74) is 0.703. The van der Waals surface area contributed by atoms with Crippen LogP contribution in [0.4, 0.5) is 5.69 Å². The number of imide groups is 1. The van der Waals surface area contributed by atoms with Crippen molar-refractivity contribution in [3.05, 3.63) is 53.6 Å². The van der Waals surface area contributed by atoms with E-state index in [1.165, 1.54) is 32.3 Å². The van der Waals surface area contributed by atoms with Crippen molar-refractivity contribution in [2.75, 3.05) is 26.0 Å². The second-order valence-corrected chi connectivity index (χ2v) is 10.2. The van der Waals surface area contributed by atoms with Crippen molar-refractivity contribution in [3.8, 4) is 5.75 Å². The van der Waals surface area contributed by atoms with Crippen molar-refractivity contribution < 1.29 is 27.5 Å². The van der Waals surface area contributed by atoms with Gasteiger partial charge in [0.25, 0.3) is 11.8 Å². The van der Waals surface area contributed by atoms with Crippen LogP contribution in [0.1, 0.15) is 41.5 Å². The van der Waals surface area contributed by atoms with E-state index in [1.807, 2.05) is 0 Å². The Morgan fingerprint density at radius 2 is 1.64 bits per heavy atom. The summed E-state index contributed by atoms with van der Waals surface area (Å²) in [7, 11) is -1.06. The number of nitrogens with one attached hydrogen (secondary N) is 1. The summed E-state index contributed by atoms with van der Waals surface area (Å²) in [6.45, 7) is 5.45. The van der Waals surface area contributed by atoms with Gasteiger partial charge in [0.15, 0.2) is 0 Å². The molecule has 10 heteroatoms. The first-order valence-electron chi connectivity index (χ1n) is 10.5. The molecule has 0 fully saturated rings. The number of hydrogen-bond donors (Lipinski definition) is 1. The Morgan fingerprint density at radius 3 is 2.12 bits per heavy atom. The van der Waals surface area contributed by atoms with Gasteiger partial charge in [0.1, 0.15) is 16.7 Å². The van der Waals surface area contributed by atoms with E-state index in [9.17, 15) is 22.8 Å². The van der Waals surface area contributed by atoms with E-state index in [1.54, 1.807) is 45.0 Å². The van der Waals surface area contributed by atoms with Crippen molar-refractivity contribution >= 4 is 33.4 Å². The first-order valence-corrected chi connectivity index (χ1v) is 11.9. The van der Waals surface area contributed by atoms with Crippen LogP contribution in [-0.2, 0) is 14.8 Å². The molecule has 0 saturated carbocycles. The third-order valence-electron chi connectivity index (χ3n) is 5.27. The van der Waals surface area contributed by atoms with E-state index in [-0.39, 0.29) is 40.0 Å². The third kappa shape index (κ3) is 4.49. The van der Waals surface area contributed by atoms with E-state index in [0.717, 1.165) is 9.21 Å². The second-order valence-electron chi connectivity index (χ2n) is 8.09. The van der Waals surface area contributed by atoms with Gasteiger partial charge in [0.05, 0.1) is 17.7 Å². The van der Waals surface area contributed by atoms with Crippen molar-refractivity contribution in [3.63, 3.8) is 0 Å². The lowest BCUT2D eigenvalue weighted by atomic mass is 10.0. The van der Waals surface area contributed by atoms with Gasteiger partial charge >= 0.3 is 0 Å². The Balaban J connectivity index is 1.95. The lowest BCUT2D eigenvalue weighted by Gasteiger charge is -2.28. The van der Waals surface area contributed by atoms with Gasteiger partial charge in [0.2, 0.25) is 15.9 Å². The van der Waals surface area contributed by atoms with Crippen molar-refractivity contribution in [1.29, 1.82) is 0 Å². The van der Waals surface area contributed by atoms with Gasteiger partial charge in [-0.05, 0) is 43.2 Å². The molecule has 1 unspecified atom stereocenters. The number of carbonyl (C=O) groups is 3. The van der Waals surface area contributed by atoms with Gasteiger partial charge in [0, 0.05) is 19.8 Å². The molecule has 176 valence electrons. The summed E-state index contributed by atoms with van der Waals surface area (Å²) in [5.74, 6) is -1.90. The SMILES string of the molecule is CCOc1ccc(NC(=O)C(C(C)C)N2C(=O)c3ccccc3C2=O)cc1S(=O)(=O)N(C)C. The summed E-state index contributed by atoms with van der Waals surface area (Å²) in [5, 5.41) is 2.67. The summed E-state index contributed by atoms with van der Waals surface area (Å²) in [6.07, 6.45) is 0. The zero-order valence-electron chi connectivity index (χ0n) is 19.2. The molecular weight excluding hydrogens is 446 g/mol. The fourth-order valence-corrected chi connectivity index (χ4v) is 4.70. The van der Waals surface area contributed by atoms with E-state index in [2.05, 4.69) is 5.32 Å². The molecule has 0 spiro atoms. The van der Waals surface area contributed by atoms with Crippen LogP contribution >= 0.6 is 0 Å². The van der Waals surface area contributed by atoms with Crippen molar-refractivity contribution in [2.24, 2.45) is 5.92 Å². The number of carbonyl (C=O) groups excluding carboxylic acids is 3. The molecule has 1 heterocycles. The normalized spacial score (nSPS) is 14.6. The Hall–Kier alpha value is -3.24. The molecule has 0 saturated heterocycles. The molecule has 9 nitrogen and oxygen atoms in total. The highest BCUT2D eigenvalue weighted by Gasteiger charge is 2.44. The molecule has 0 bridgehead atoms. The number of fused-ring (bicyclic) bond motifs is 1. The molecule has 2 aromatic rings. The first-order chi connectivity index (χ1) is 15.5. The number of sulfonamides is 1. The zero-order valence-corrected chi connectivity index (χ0v) is 20.0. The minimum atomic E-state index is -3.86. The molecule has 1 aliphatic heterocycles. The van der Waals surface area contributed by atoms with Gasteiger partial charge in [-0.25, -0.2) is 12.7 Å². The predicted molar refractivity (Wildman–Crippen MR) is 123 cm³/mol. The van der Waals surface area contributed by atoms with Crippen LogP contribution in [0, 0.1) is 5.92 Å². The topological polar surface area (TPSA) is 113 Å². The Bertz CT molecular complexity index is 1170. The lowest BCUT2D eigenvalue weighted by Crippen LogP contribution is -2.50. The van der Waals surface area contributed by atoms with E-state index < -0.39 is 33.8 Å². The molecule has 3 rings (SSSR count). The molecule has 1 atom stereocenters. The Morgan fingerprint density at radius 1 is 1.06 bits per heavy atom. The van der Waals surface area contributed by atoms with Gasteiger partial charge in [-0.2, -0.15) is 0 Å². The highest BCUT2D eigenvalue weighted by atomic mass is 32.2. The van der Waals surface area contributed by atoms with Gasteiger partial charge in [-0.15, -0.1) is 0 Å². The average molecular weight is 474 g/mol. The van der Waals surface area contributed by atoms with Crippen LogP contribution in [0.3, 0.4) is 0 Å². The molecule has 1 aliphatic rings. The Kier molecular flexibility index (Phi) is 6.89. The molecular formula is C23H27N3O6S. The first kappa shape index (κ1) is 24.4. The minimum absolute atomic E-state index is 0.103. The van der Waals surface area contributed by atoms with E-state index >= 15 is 0 Å². The number of anilines is 1. The number of ether oxygens (including phenoxy) is 1. The number of hydrogen-bond acceptors (Lipinski definition) is 6. The smallest absolute Gasteiger partial charge is 0.262 e. The van der Waals surface area contributed by atoms with Crippen molar-refractivity contribution in [2.45, 2.75) is 31.7 Å². The molecule has 0 aliphatic carbocycles. The summed E-state index contributed by atoms with van der Waals surface area (Å²) >= 11 is 0. The highest BCUT2D eigenvalue weighted by Crippen LogP contribution is 2.31. The van der Waals surface area contributed by atoms with Crippen LogP contribution in [0.25, 0.3) is 0 Å². The lowest BCUT2D eigenvalue weighted by molar-refractivity contribution is -0.121. The largest absolute Gasteiger partial charge is 0.492 e. The molecule has 2 aromatic carbocycles. The van der Waals surface area contributed by atoms with Crippen molar-refractivity contribution in [1.82, 2.24) is 9.21 Å². The van der Waals surface area contributed by atoms with Crippen LogP contribution in [0.2, 0.25) is 0 Å². The minimum Gasteiger partial charge on any atom is -0.492 e. The standard InChI is InChI=1S/C23H27N3O6S/c1-6-32-18-12-11-15(13-19(18)33(30,31)25(4)5)24-21(27)20(14(2)3)26-22(28)16-9-7-8-10-17(16)23(26)29/h7-14,20H,6H2,1-5H3,(H,24,27). The molecule has 3 amide bonds. The Labute approximate surface area is 193 Å². The predicted octanol–water partition coefficient (Wildman–Crippen LogP) is 2.59. The molecule has 0 radical (unpaired) electrons. The number of benzene rings is 2. The number of nitrogens with zero attached hydrogens (tertiary/aromatic N) is 2. The van der Waals surface area contributed by atoms with Crippen LogP contribution in [0.5, 0.6) is 5.75 Å². The number of amides is 3. The molecule has 0 aromatic heterocycles.